The second-order valence-electron chi connectivity index (χ2n) is 2.57. The molecule has 15 heavy (non-hydrogen) atoms. The van der Waals surface area contributed by atoms with E-state index in [1.807, 2.05) is 0 Å². The number of ether oxygens (including phenoxy) is 1. The Bertz CT molecular complexity index is 282. The van der Waals surface area contributed by atoms with Crippen LogP contribution < -0.4 is 5.32 Å². The molecular weight excluding hydrogens is 196 g/mol. The second kappa shape index (κ2) is 7.75. The van der Waals surface area contributed by atoms with Crippen molar-refractivity contribution in [2.24, 2.45) is 4.99 Å². The highest BCUT2D eigenvalue weighted by molar-refractivity contribution is 5.97. The van der Waals surface area contributed by atoms with Crippen LogP contribution in [0.5, 0.6) is 0 Å². The molecule has 0 heterocycles. The predicted octanol–water partition coefficient (Wildman–Crippen LogP) is -0.118. The van der Waals surface area contributed by atoms with E-state index in [4.69, 9.17) is 9.84 Å². The number of carbonyl (C=O) groups excluding carboxylic acids is 1. The van der Waals surface area contributed by atoms with E-state index in [1.165, 1.54) is 19.2 Å². The summed E-state index contributed by atoms with van der Waals surface area (Å²) in [5.74, 6) is 0.0814. The van der Waals surface area contributed by atoms with Crippen LogP contribution in [0.15, 0.2) is 29.3 Å². The Labute approximate surface area is 89.2 Å². The van der Waals surface area contributed by atoms with Gasteiger partial charge in [0.25, 0.3) is 0 Å². The number of hydrogen-bond donors (Lipinski definition) is 2. The molecule has 0 aromatic heterocycles. The molecule has 0 rings (SSSR count). The van der Waals surface area contributed by atoms with Crippen molar-refractivity contribution in [1.82, 2.24) is 5.32 Å². The third-order valence-electron chi connectivity index (χ3n) is 1.51. The molecule has 0 radical (unpaired) electrons. The highest BCUT2D eigenvalue weighted by Crippen LogP contribution is 1.94. The van der Waals surface area contributed by atoms with Gasteiger partial charge in [-0.2, -0.15) is 0 Å². The van der Waals surface area contributed by atoms with E-state index in [2.05, 4.69) is 16.9 Å². The molecule has 2 N–H and O–H groups in total. The van der Waals surface area contributed by atoms with Crippen LogP contribution in [0.4, 0.5) is 0 Å². The van der Waals surface area contributed by atoms with E-state index in [-0.39, 0.29) is 19.1 Å². The fourth-order valence-corrected chi connectivity index (χ4v) is 0.746. The van der Waals surface area contributed by atoms with Gasteiger partial charge in [0.05, 0.1) is 6.61 Å². The van der Waals surface area contributed by atoms with Crippen molar-refractivity contribution in [2.75, 3.05) is 27.3 Å². The van der Waals surface area contributed by atoms with Gasteiger partial charge in [-0.1, -0.05) is 6.58 Å². The summed E-state index contributed by atoms with van der Waals surface area (Å²) < 4.78 is 5.04. The Morgan fingerprint density at radius 3 is 2.73 bits per heavy atom. The van der Waals surface area contributed by atoms with E-state index < -0.39 is 0 Å². The van der Waals surface area contributed by atoms with Crippen LogP contribution in [0.25, 0.3) is 0 Å². The number of hydrogen-bond acceptors (Lipinski definition) is 4. The van der Waals surface area contributed by atoms with Gasteiger partial charge in [-0.15, -0.1) is 0 Å². The number of nitrogens with zero attached hydrogens (tertiary/aromatic N) is 1. The van der Waals surface area contributed by atoms with Crippen molar-refractivity contribution in [2.45, 2.75) is 0 Å². The molecule has 0 aromatic rings. The lowest BCUT2D eigenvalue weighted by Crippen LogP contribution is -2.18. The number of aliphatic imine (C=N–C) groups is 1. The number of likely N-dealkylation sites (N-methyl/N-ethyl adjacent to an activating group) is 1. The van der Waals surface area contributed by atoms with Gasteiger partial charge < -0.3 is 15.2 Å². The Morgan fingerprint density at radius 2 is 2.27 bits per heavy atom. The molecule has 0 aliphatic heterocycles. The maximum absolute atomic E-state index is 11.0. The lowest BCUT2D eigenvalue weighted by Gasteiger charge is -2.02. The van der Waals surface area contributed by atoms with Crippen LogP contribution in [0.3, 0.4) is 0 Å². The fraction of sp³-hybridized carbons (Fsp3) is 0.400. The molecule has 5 nitrogen and oxygen atoms in total. The van der Waals surface area contributed by atoms with Gasteiger partial charge in [0.15, 0.2) is 0 Å². The Kier molecular flexibility index (Phi) is 6.92. The SMILES string of the molecule is C=C(/C=C\C(=NC)OCCO)C(=O)NC. The van der Waals surface area contributed by atoms with E-state index in [0.29, 0.717) is 11.5 Å². The summed E-state index contributed by atoms with van der Waals surface area (Å²) in [5, 5.41) is 11.0. The molecule has 0 bridgehead atoms. The quantitative estimate of drug-likeness (QED) is 0.289. The normalized spacial score (nSPS) is 11.5. The van der Waals surface area contributed by atoms with Crippen LogP contribution in [0.1, 0.15) is 0 Å². The van der Waals surface area contributed by atoms with Crippen LogP contribution in [-0.4, -0.2) is 44.2 Å². The standard InChI is InChI=1S/C10H16N2O3/c1-8(10(14)12-3)4-5-9(11-2)15-7-6-13/h4-5,13H,1,6-7H2,2-3H3,(H,12,14)/b5-4-,11-9?. The highest BCUT2D eigenvalue weighted by Gasteiger charge is 2.00. The van der Waals surface area contributed by atoms with E-state index in [0.717, 1.165) is 0 Å². The topological polar surface area (TPSA) is 70.9 Å². The van der Waals surface area contributed by atoms with Gasteiger partial charge in [0.2, 0.25) is 11.8 Å². The minimum atomic E-state index is -0.260. The van der Waals surface area contributed by atoms with Crippen molar-refractivity contribution >= 4 is 11.8 Å². The summed E-state index contributed by atoms with van der Waals surface area (Å²) in [7, 11) is 3.08. The second-order valence-corrected chi connectivity index (χ2v) is 2.57. The van der Waals surface area contributed by atoms with Crippen molar-refractivity contribution in [1.29, 1.82) is 0 Å². The molecule has 84 valence electrons. The van der Waals surface area contributed by atoms with Gasteiger partial charge in [-0.05, 0) is 6.08 Å². The van der Waals surface area contributed by atoms with Gasteiger partial charge in [0.1, 0.15) is 6.61 Å². The average Bonchev–Trinajstić information content (AvgIpc) is 2.27. The molecule has 0 aliphatic rings. The third kappa shape index (κ3) is 5.64. The summed E-state index contributed by atoms with van der Waals surface area (Å²) in [6.45, 7) is 3.64. The summed E-state index contributed by atoms with van der Waals surface area (Å²) >= 11 is 0. The molecule has 0 fully saturated rings. The van der Waals surface area contributed by atoms with E-state index in [1.54, 1.807) is 7.05 Å². The molecule has 0 saturated heterocycles. The highest BCUT2D eigenvalue weighted by atomic mass is 16.5. The summed E-state index contributed by atoms with van der Waals surface area (Å²) in [6, 6.07) is 0. The van der Waals surface area contributed by atoms with E-state index >= 15 is 0 Å². The number of carbonyl (C=O) groups is 1. The molecular formula is C10H16N2O3. The predicted molar refractivity (Wildman–Crippen MR) is 58.7 cm³/mol. The van der Waals surface area contributed by atoms with Crippen LogP contribution in [0, 0.1) is 0 Å². The first-order chi connectivity index (χ1) is 7.15. The maximum Gasteiger partial charge on any atom is 0.250 e. The molecule has 0 spiro atoms. The van der Waals surface area contributed by atoms with Gasteiger partial charge in [-0.25, -0.2) is 0 Å². The lowest BCUT2D eigenvalue weighted by atomic mass is 10.2. The Balaban J connectivity index is 4.24. The lowest BCUT2D eigenvalue weighted by molar-refractivity contribution is -0.116. The number of rotatable bonds is 5. The van der Waals surface area contributed by atoms with Crippen molar-refractivity contribution in [3.8, 4) is 0 Å². The maximum atomic E-state index is 11.0. The van der Waals surface area contributed by atoms with Crippen molar-refractivity contribution in [3.63, 3.8) is 0 Å². The number of amides is 1. The average molecular weight is 212 g/mol. The molecule has 0 saturated carbocycles. The first-order valence-electron chi connectivity index (χ1n) is 4.45. The van der Waals surface area contributed by atoms with Gasteiger partial charge in [-0.3, -0.25) is 9.79 Å². The van der Waals surface area contributed by atoms with Crippen LogP contribution in [-0.2, 0) is 9.53 Å². The molecule has 1 amide bonds. The Morgan fingerprint density at radius 1 is 1.60 bits per heavy atom. The van der Waals surface area contributed by atoms with Gasteiger partial charge in [0, 0.05) is 25.7 Å². The minimum Gasteiger partial charge on any atom is -0.475 e. The third-order valence-corrected chi connectivity index (χ3v) is 1.51. The smallest absolute Gasteiger partial charge is 0.250 e. The summed E-state index contributed by atoms with van der Waals surface area (Å²) in [4.78, 5) is 14.9. The molecule has 0 aromatic carbocycles. The molecule has 0 atom stereocenters. The number of nitrogens with one attached hydrogen (secondary N) is 1. The zero-order valence-electron chi connectivity index (χ0n) is 8.99. The Hall–Kier alpha value is -1.62. The van der Waals surface area contributed by atoms with Crippen molar-refractivity contribution < 1.29 is 14.6 Å². The minimum absolute atomic E-state index is 0.0801. The fourth-order valence-electron chi connectivity index (χ4n) is 0.746. The zero-order valence-corrected chi connectivity index (χ0v) is 8.99. The largest absolute Gasteiger partial charge is 0.475 e. The van der Waals surface area contributed by atoms with Crippen LogP contribution >= 0.6 is 0 Å². The van der Waals surface area contributed by atoms with Gasteiger partial charge >= 0.3 is 0 Å². The zero-order chi connectivity index (χ0) is 11.7. The van der Waals surface area contributed by atoms with E-state index in [9.17, 15) is 4.79 Å². The van der Waals surface area contributed by atoms with Crippen LogP contribution in [0.2, 0.25) is 0 Å². The first-order valence-corrected chi connectivity index (χ1v) is 4.45. The number of aliphatic hydroxyl groups is 1. The number of aliphatic hydroxyl groups excluding tert-OH is 1. The molecule has 0 unspecified atom stereocenters. The molecule has 5 heteroatoms. The molecule has 0 aliphatic carbocycles. The first kappa shape index (κ1) is 13.4. The monoisotopic (exact) mass is 212 g/mol. The van der Waals surface area contributed by atoms with Crippen molar-refractivity contribution in [3.05, 3.63) is 24.3 Å². The summed E-state index contributed by atoms with van der Waals surface area (Å²) in [6.07, 6.45) is 3.02. The summed E-state index contributed by atoms with van der Waals surface area (Å²) in [5.41, 5.74) is 0.311.